The molecule has 0 amide bonds. The van der Waals surface area contributed by atoms with E-state index in [1.165, 1.54) is 107 Å². The average molecular weight is 726 g/mol. The first-order valence-electron chi connectivity index (χ1n) is 18.7. The van der Waals surface area contributed by atoms with Gasteiger partial charge in [0.1, 0.15) is 0 Å². The lowest BCUT2D eigenvalue weighted by Crippen LogP contribution is -1.96. The van der Waals surface area contributed by atoms with E-state index in [0.717, 1.165) is 12.8 Å². The number of para-hydroxylation sites is 1. The number of benzene rings is 8. The molecule has 1 nitrogen and oxygen atoms in total. The van der Waals surface area contributed by atoms with Crippen LogP contribution >= 0.6 is 22.7 Å². The quantitative estimate of drug-likeness (QED) is 0.161. The van der Waals surface area contributed by atoms with Crippen LogP contribution in [0.1, 0.15) is 16.7 Å². The third-order valence-electron chi connectivity index (χ3n) is 11.3. The summed E-state index contributed by atoms with van der Waals surface area (Å²) in [5.41, 5.74) is 12.9. The van der Waals surface area contributed by atoms with Crippen LogP contribution in [0.3, 0.4) is 0 Å². The molecule has 0 atom stereocenters. The van der Waals surface area contributed by atoms with Gasteiger partial charge in [0, 0.05) is 51.1 Å². The Morgan fingerprint density at radius 3 is 1.81 bits per heavy atom. The monoisotopic (exact) mass is 725 g/mol. The summed E-state index contributed by atoms with van der Waals surface area (Å²) in [6, 6.07) is 63.2. The van der Waals surface area contributed by atoms with Crippen molar-refractivity contribution in [1.29, 1.82) is 0 Å². The standard InChI is InChI=1S/C51H35NS2/c1-32-24-25-35(30-41(32)37-14-3-2-12-33(37)26-27-34-13-10-22-48-50(34)39-16-5-8-20-46(39)53-48)36-28-29-44-42(31-36)38-15-4-7-18-43(38)52(44)45-19-11-23-49-51(45)40-17-6-9-21-47(40)54-49/h2-25,28-31H,26-27H2,1H3. The van der Waals surface area contributed by atoms with Crippen molar-refractivity contribution >= 4 is 84.8 Å². The number of fused-ring (bicyclic) bond motifs is 9. The van der Waals surface area contributed by atoms with E-state index in [1.54, 1.807) is 0 Å². The van der Waals surface area contributed by atoms with E-state index in [1.807, 2.05) is 22.7 Å². The lowest BCUT2D eigenvalue weighted by Gasteiger charge is -2.15. The van der Waals surface area contributed by atoms with Crippen LogP contribution in [-0.4, -0.2) is 4.57 Å². The van der Waals surface area contributed by atoms with Crippen molar-refractivity contribution in [2.75, 3.05) is 0 Å². The molecule has 8 aromatic carbocycles. The van der Waals surface area contributed by atoms with Crippen LogP contribution in [0, 0.1) is 6.92 Å². The minimum absolute atomic E-state index is 0.987. The molecule has 0 aliphatic rings. The predicted molar refractivity (Wildman–Crippen MR) is 236 cm³/mol. The minimum Gasteiger partial charge on any atom is -0.309 e. The van der Waals surface area contributed by atoms with Gasteiger partial charge < -0.3 is 4.57 Å². The average Bonchev–Trinajstić information content (AvgIpc) is 3.90. The maximum Gasteiger partial charge on any atom is 0.0555 e. The van der Waals surface area contributed by atoms with Crippen molar-refractivity contribution in [3.05, 3.63) is 187 Å². The van der Waals surface area contributed by atoms with Crippen LogP contribution in [-0.2, 0) is 12.8 Å². The normalized spacial score (nSPS) is 11.9. The minimum atomic E-state index is 0.987. The molecule has 3 heterocycles. The number of aromatic nitrogens is 1. The van der Waals surface area contributed by atoms with Crippen LogP contribution < -0.4 is 0 Å². The van der Waals surface area contributed by atoms with Gasteiger partial charge in [-0.25, -0.2) is 0 Å². The zero-order valence-electron chi connectivity index (χ0n) is 29.8. The molecule has 0 fully saturated rings. The van der Waals surface area contributed by atoms with Gasteiger partial charge in [-0.2, -0.15) is 0 Å². The Labute approximate surface area is 322 Å². The van der Waals surface area contributed by atoms with Crippen molar-refractivity contribution in [1.82, 2.24) is 4.57 Å². The van der Waals surface area contributed by atoms with E-state index in [9.17, 15) is 0 Å². The summed E-state index contributed by atoms with van der Waals surface area (Å²) >= 11 is 3.77. The summed E-state index contributed by atoms with van der Waals surface area (Å²) in [5.74, 6) is 0. The number of thiophene rings is 2. The van der Waals surface area contributed by atoms with Gasteiger partial charge in [-0.3, -0.25) is 0 Å². The van der Waals surface area contributed by atoms with E-state index >= 15 is 0 Å². The van der Waals surface area contributed by atoms with Crippen molar-refractivity contribution in [3.63, 3.8) is 0 Å². The highest BCUT2D eigenvalue weighted by atomic mass is 32.1. The van der Waals surface area contributed by atoms with Crippen molar-refractivity contribution in [2.24, 2.45) is 0 Å². The van der Waals surface area contributed by atoms with E-state index in [0.29, 0.717) is 0 Å². The molecule has 0 radical (unpaired) electrons. The van der Waals surface area contributed by atoms with Crippen molar-refractivity contribution < 1.29 is 0 Å². The topological polar surface area (TPSA) is 4.93 Å². The van der Waals surface area contributed by atoms with Gasteiger partial charge in [0.15, 0.2) is 0 Å². The molecule has 0 unspecified atom stereocenters. The van der Waals surface area contributed by atoms with Gasteiger partial charge in [-0.1, -0.05) is 115 Å². The van der Waals surface area contributed by atoms with Gasteiger partial charge in [-0.15, -0.1) is 22.7 Å². The predicted octanol–water partition coefficient (Wildman–Crippen LogP) is 14.9. The smallest absolute Gasteiger partial charge is 0.0555 e. The molecule has 0 spiro atoms. The lowest BCUT2D eigenvalue weighted by atomic mass is 9.90. The molecule has 0 aliphatic carbocycles. The number of rotatable bonds is 6. The maximum absolute atomic E-state index is 2.48. The van der Waals surface area contributed by atoms with Gasteiger partial charge in [0.25, 0.3) is 0 Å². The van der Waals surface area contributed by atoms with Gasteiger partial charge in [-0.05, 0) is 113 Å². The largest absolute Gasteiger partial charge is 0.309 e. The van der Waals surface area contributed by atoms with E-state index in [-0.39, 0.29) is 0 Å². The second-order valence-corrected chi connectivity index (χ2v) is 16.6. The number of aryl methyl sites for hydroxylation is 3. The molecular formula is C51H35NS2. The van der Waals surface area contributed by atoms with Crippen LogP contribution in [0.15, 0.2) is 170 Å². The van der Waals surface area contributed by atoms with Crippen LogP contribution in [0.2, 0.25) is 0 Å². The summed E-state index contributed by atoms with van der Waals surface area (Å²) < 4.78 is 7.87. The molecule has 11 aromatic rings. The molecule has 0 N–H and O–H groups in total. The van der Waals surface area contributed by atoms with E-state index in [2.05, 4.69) is 181 Å². The SMILES string of the molecule is Cc1ccc(-c2ccc3c(c2)c2ccccc2n3-c2cccc3sc4ccccc4c23)cc1-c1ccccc1CCc1cccc2sc3ccccc3c12. The Morgan fingerprint density at radius 2 is 0.981 bits per heavy atom. The van der Waals surface area contributed by atoms with Crippen LogP contribution in [0.4, 0.5) is 0 Å². The summed E-state index contributed by atoms with van der Waals surface area (Å²) in [7, 11) is 0. The molecule has 0 aliphatic heterocycles. The lowest BCUT2D eigenvalue weighted by molar-refractivity contribution is 0.972. The number of hydrogen-bond donors (Lipinski definition) is 0. The first kappa shape index (κ1) is 31.5. The van der Waals surface area contributed by atoms with Crippen molar-refractivity contribution in [3.8, 4) is 27.9 Å². The summed E-state index contributed by atoms with van der Waals surface area (Å²) in [6.45, 7) is 2.25. The summed E-state index contributed by atoms with van der Waals surface area (Å²) in [4.78, 5) is 0. The van der Waals surface area contributed by atoms with Crippen molar-refractivity contribution in [2.45, 2.75) is 19.8 Å². The van der Waals surface area contributed by atoms with Crippen LogP contribution in [0.25, 0.3) is 90.1 Å². The summed E-state index contributed by atoms with van der Waals surface area (Å²) in [5, 5.41) is 7.99. The third kappa shape index (κ3) is 4.96. The fourth-order valence-corrected chi connectivity index (χ4v) is 11.1. The molecule has 3 aromatic heterocycles. The third-order valence-corrected chi connectivity index (χ3v) is 13.6. The van der Waals surface area contributed by atoms with Gasteiger partial charge in [0.2, 0.25) is 0 Å². The highest BCUT2D eigenvalue weighted by Crippen LogP contribution is 2.42. The number of hydrogen-bond acceptors (Lipinski definition) is 2. The number of nitrogens with zero attached hydrogens (tertiary/aromatic N) is 1. The summed E-state index contributed by atoms with van der Waals surface area (Å²) in [6.07, 6.45) is 1.99. The Kier molecular flexibility index (Phi) is 7.33. The van der Waals surface area contributed by atoms with Gasteiger partial charge in [0.05, 0.1) is 16.7 Å². The molecule has 256 valence electrons. The first-order chi connectivity index (χ1) is 26.7. The Balaban J connectivity index is 1.00. The Bertz CT molecular complexity index is 3240. The fourth-order valence-electron chi connectivity index (χ4n) is 8.77. The highest BCUT2D eigenvalue weighted by Gasteiger charge is 2.18. The molecule has 3 heteroatoms. The molecule has 54 heavy (non-hydrogen) atoms. The molecule has 11 rings (SSSR count). The molecular weight excluding hydrogens is 691 g/mol. The van der Waals surface area contributed by atoms with E-state index in [4.69, 9.17) is 0 Å². The Morgan fingerprint density at radius 1 is 0.407 bits per heavy atom. The Hall–Kier alpha value is -6.00. The second-order valence-electron chi connectivity index (χ2n) is 14.4. The second kappa shape index (κ2) is 12.6. The zero-order chi connectivity index (χ0) is 35.8. The van der Waals surface area contributed by atoms with Gasteiger partial charge >= 0.3 is 0 Å². The van der Waals surface area contributed by atoms with E-state index < -0.39 is 0 Å². The molecule has 0 saturated heterocycles. The highest BCUT2D eigenvalue weighted by molar-refractivity contribution is 7.26. The fraction of sp³-hybridized carbons (Fsp3) is 0.0588. The maximum atomic E-state index is 2.48. The molecule has 0 saturated carbocycles. The first-order valence-corrected chi connectivity index (χ1v) is 20.4. The zero-order valence-corrected chi connectivity index (χ0v) is 31.5. The van der Waals surface area contributed by atoms with Crippen LogP contribution in [0.5, 0.6) is 0 Å². The molecule has 0 bridgehead atoms.